The standard InChI is InChI=1S/C29H24F6N2O/c1-2-19-12-25(20-8-10-23(36)11-9-20)27(38-17-18-6-4-3-5-7-18)16-26(19)37-24-14-21(28(30,31)32)13-22(15-24)29(33,34)35/h3-16,37H,2,17,36H2,1H3. The predicted octanol–water partition coefficient (Wildman–Crippen LogP) is 8.86. The zero-order valence-electron chi connectivity index (χ0n) is 20.3. The van der Waals surface area contributed by atoms with E-state index < -0.39 is 23.5 Å². The van der Waals surface area contributed by atoms with Gasteiger partial charge < -0.3 is 15.8 Å². The average molecular weight is 531 g/mol. The monoisotopic (exact) mass is 530 g/mol. The fourth-order valence-corrected chi connectivity index (χ4v) is 3.96. The number of rotatable bonds is 7. The molecule has 0 aliphatic heterocycles. The number of ether oxygens (including phenoxy) is 1. The molecule has 0 aliphatic carbocycles. The van der Waals surface area contributed by atoms with Crippen molar-refractivity contribution in [3.05, 3.63) is 107 Å². The SMILES string of the molecule is CCc1cc(-c2ccc(N)cc2)c(OCc2ccccc2)cc1Nc1cc(C(F)(F)F)cc(C(F)(F)F)c1. The van der Waals surface area contributed by atoms with Crippen LogP contribution in [0.4, 0.5) is 43.4 Å². The number of anilines is 3. The van der Waals surface area contributed by atoms with E-state index in [-0.39, 0.29) is 18.4 Å². The summed E-state index contributed by atoms with van der Waals surface area (Å²) in [5.41, 5.74) is 6.67. The number of nitrogen functional groups attached to an aromatic ring is 1. The van der Waals surface area contributed by atoms with E-state index in [1.807, 2.05) is 55.5 Å². The number of aryl methyl sites for hydroxylation is 1. The van der Waals surface area contributed by atoms with E-state index in [0.29, 0.717) is 46.8 Å². The Hall–Kier alpha value is -4.14. The number of hydrogen-bond donors (Lipinski definition) is 2. The molecule has 0 atom stereocenters. The van der Waals surface area contributed by atoms with Crippen molar-refractivity contribution < 1.29 is 31.1 Å². The molecule has 4 aromatic carbocycles. The van der Waals surface area contributed by atoms with E-state index in [9.17, 15) is 26.3 Å². The van der Waals surface area contributed by atoms with Gasteiger partial charge in [-0.2, -0.15) is 26.3 Å². The van der Waals surface area contributed by atoms with Gasteiger partial charge in [0.2, 0.25) is 0 Å². The minimum Gasteiger partial charge on any atom is -0.488 e. The van der Waals surface area contributed by atoms with Crippen LogP contribution in [0, 0.1) is 0 Å². The van der Waals surface area contributed by atoms with Gasteiger partial charge in [0, 0.05) is 28.7 Å². The lowest BCUT2D eigenvalue weighted by molar-refractivity contribution is -0.143. The number of benzene rings is 4. The zero-order chi connectivity index (χ0) is 27.5. The summed E-state index contributed by atoms with van der Waals surface area (Å²) < 4.78 is 86.5. The number of halogens is 6. The minimum absolute atomic E-state index is 0.102. The zero-order valence-corrected chi connectivity index (χ0v) is 20.3. The number of nitrogens with one attached hydrogen (secondary N) is 1. The van der Waals surface area contributed by atoms with E-state index in [1.165, 1.54) is 0 Å². The van der Waals surface area contributed by atoms with Crippen molar-refractivity contribution in [3.63, 3.8) is 0 Å². The third-order valence-electron chi connectivity index (χ3n) is 5.91. The molecule has 0 radical (unpaired) electrons. The molecule has 0 aromatic heterocycles. The van der Waals surface area contributed by atoms with E-state index in [1.54, 1.807) is 18.2 Å². The molecule has 0 saturated carbocycles. The maximum absolute atomic E-state index is 13.4. The molecule has 0 unspecified atom stereocenters. The number of hydrogen-bond acceptors (Lipinski definition) is 3. The third-order valence-corrected chi connectivity index (χ3v) is 5.91. The van der Waals surface area contributed by atoms with Crippen LogP contribution >= 0.6 is 0 Å². The normalized spacial score (nSPS) is 11.9. The first-order valence-corrected chi connectivity index (χ1v) is 11.7. The Bertz CT molecular complexity index is 1370. The van der Waals surface area contributed by atoms with Crippen LogP contribution < -0.4 is 15.8 Å². The van der Waals surface area contributed by atoms with Crippen molar-refractivity contribution in [2.75, 3.05) is 11.1 Å². The summed E-state index contributed by atoms with van der Waals surface area (Å²) in [7, 11) is 0. The number of nitrogens with two attached hydrogens (primary N) is 1. The first-order valence-electron chi connectivity index (χ1n) is 11.7. The van der Waals surface area contributed by atoms with Crippen molar-refractivity contribution in [1.29, 1.82) is 0 Å². The molecule has 198 valence electrons. The van der Waals surface area contributed by atoms with Gasteiger partial charge in [0.15, 0.2) is 0 Å². The molecule has 0 fully saturated rings. The van der Waals surface area contributed by atoms with E-state index in [0.717, 1.165) is 11.1 Å². The maximum Gasteiger partial charge on any atom is 0.416 e. The molecule has 0 aliphatic rings. The molecule has 3 nitrogen and oxygen atoms in total. The largest absolute Gasteiger partial charge is 0.488 e. The molecule has 0 bridgehead atoms. The van der Waals surface area contributed by atoms with E-state index >= 15 is 0 Å². The molecule has 3 N–H and O–H groups in total. The van der Waals surface area contributed by atoms with Crippen LogP contribution in [0.3, 0.4) is 0 Å². The van der Waals surface area contributed by atoms with Crippen LogP contribution in [-0.4, -0.2) is 0 Å². The van der Waals surface area contributed by atoms with Gasteiger partial charge in [0.25, 0.3) is 0 Å². The molecule has 38 heavy (non-hydrogen) atoms. The fraction of sp³-hybridized carbons (Fsp3) is 0.172. The lowest BCUT2D eigenvalue weighted by Crippen LogP contribution is -2.12. The van der Waals surface area contributed by atoms with E-state index in [4.69, 9.17) is 10.5 Å². The second-order valence-electron chi connectivity index (χ2n) is 8.67. The van der Waals surface area contributed by atoms with Crippen LogP contribution in [0.1, 0.15) is 29.2 Å². The second-order valence-corrected chi connectivity index (χ2v) is 8.67. The molecular formula is C29H24F6N2O. The average Bonchev–Trinajstić information content (AvgIpc) is 2.87. The highest BCUT2D eigenvalue weighted by atomic mass is 19.4. The van der Waals surface area contributed by atoms with Crippen LogP contribution in [0.15, 0.2) is 84.9 Å². The van der Waals surface area contributed by atoms with Crippen LogP contribution in [0.25, 0.3) is 11.1 Å². The van der Waals surface area contributed by atoms with Crippen molar-refractivity contribution in [2.24, 2.45) is 0 Å². The van der Waals surface area contributed by atoms with Crippen molar-refractivity contribution >= 4 is 17.1 Å². The molecule has 4 aromatic rings. The summed E-state index contributed by atoms with van der Waals surface area (Å²) in [6.45, 7) is 2.04. The minimum atomic E-state index is -4.95. The molecule has 4 rings (SSSR count). The molecular weight excluding hydrogens is 506 g/mol. The topological polar surface area (TPSA) is 47.3 Å². The Morgan fingerprint density at radius 2 is 1.37 bits per heavy atom. The van der Waals surface area contributed by atoms with Crippen molar-refractivity contribution in [2.45, 2.75) is 32.3 Å². The lowest BCUT2D eigenvalue weighted by atomic mass is 9.98. The fourth-order valence-electron chi connectivity index (χ4n) is 3.96. The number of alkyl halides is 6. The summed E-state index contributed by atoms with van der Waals surface area (Å²) >= 11 is 0. The summed E-state index contributed by atoms with van der Waals surface area (Å²) in [5.74, 6) is 0.404. The third kappa shape index (κ3) is 6.40. The highest BCUT2D eigenvalue weighted by molar-refractivity contribution is 5.78. The van der Waals surface area contributed by atoms with Gasteiger partial charge in [-0.1, -0.05) is 49.4 Å². The summed E-state index contributed by atoms with van der Waals surface area (Å²) in [6, 6.07) is 21.3. The molecule has 9 heteroatoms. The Labute approximate surface area is 215 Å². The van der Waals surface area contributed by atoms with Crippen LogP contribution in [-0.2, 0) is 25.4 Å². The van der Waals surface area contributed by atoms with Gasteiger partial charge in [-0.05, 0) is 59.5 Å². The van der Waals surface area contributed by atoms with Crippen LogP contribution in [0.2, 0.25) is 0 Å². The Balaban J connectivity index is 1.80. The van der Waals surface area contributed by atoms with Gasteiger partial charge in [0.05, 0.1) is 11.1 Å². The maximum atomic E-state index is 13.4. The predicted molar refractivity (Wildman–Crippen MR) is 136 cm³/mol. The Morgan fingerprint density at radius 1 is 0.763 bits per heavy atom. The van der Waals surface area contributed by atoms with Crippen molar-refractivity contribution in [1.82, 2.24) is 0 Å². The smallest absolute Gasteiger partial charge is 0.416 e. The summed E-state index contributed by atoms with van der Waals surface area (Å²) in [4.78, 5) is 0. The molecule has 0 spiro atoms. The molecule has 0 heterocycles. The highest BCUT2D eigenvalue weighted by Gasteiger charge is 2.37. The first kappa shape index (κ1) is 26.9. The summed E-state index contributed by atoms with van der Waals surface area (Å²) in [6.07, 6.45) is -9.45. The lowest BCUT2D eigenvalue weighted by Gasteiger charge is -2.20. The second kappa shape index (κ2) is 10.7. The first-order chi connectivity index (χ1) is 17.9. The van der Waals surface area contributed by atoms with Gasteiger partial charge >= 0.3 is 12.4 Å². The van der Waals surface area contributed by atoms with Crippen LogP contribution in [0.5, 0.6) is 5.75 Å². The van der Waals surface area contributed by atoms with Crippen molar-refractivity contribution in [3.8, 4) is 16.9 Å². The van der Waals surface area contributed by atoms with Gasteiger partial charge in [-0.25, -0.2) is 0 Å². The van der Waals surface area contributed by atoms with Gasteiger partial charge in [0.1, 0.15) is 12.4 Å². The summed E-state index contributed by atoms with van der Waals surface area (Å²) in [5, 5.41) is 2.77. The Morgan fingerprint density at radius 3 is 1.92 bits per heavy atom. The quantitative estimate of drug-likeness (QED) is 0.185. The van der Waals surface area contributed by atoms with Gasteiger partial charge in [-0.15, -0.1) is 0 Å². The van der Waals surface area contributed by atoms with E-state index in [2.05, 4.69) is 5.32 Å². The Kier molecular flexibility index (Phi) is 7.57. The molecule has 0 amide bonds. The van der Waals surface area contributed by atoms with Gasteiger partial charge in [-0.3, -0.25) is 0 Å². The highest BCUT2D eigenvalue weighted by Crippen LogP contribution is 2.41. The molecule has 0 saturated heterocycles.